The molecule has 158 valence electrons. The van der Waals surface area contributed by atoms with Crippen molar-refractivity contribution in [2.24, 2.45) is 0 Å². The number of rotatable bonds is 3. The summed E-state index contributed by atoms with van der Waals surface area (Å²) in [5, 5.41) is 10.9. The molecule has 2 fully saturated rings. The van der Waals surface area contributed by atoms with Crippen molar-refractivity contribution < 1.29 is 31.3 Å². The Kier molecular flexibility index (Phi) is 4.49. The molecule has 0 spiro atoms. The highest BCUT2D eigenvalue weighted by atomic mass is 32.2. The summed E-state index contributed by atoms with van der Waals surface area (Å²) in [6.45, 7) is 0. The molecule has 2 atom stereocenters. The van der Waals surface area contributed by atoms with Gasteiger partial charge < -0.3 is 0 Å². The van der Waals surface area contributed by atoms with Crippen LogP contribution in [-0.4, -0.2) is 43.0 Å². The van der Waals surface area contributed by atoms with Crippen LogP contribution in [0.2, 0.25) is 0 Å². The highest BCUT2D eigenvalue weighted by molar-refractivity contribution is 7.91. The van der Waals surface area contributed by atoms with Crippen molar-refractivity contribution in [2.75, 3.05) is 21.3 Å². The van der Waals surface area contributed by atoms with Gasteiger partial charge in [-0.3, -0.25) is 19.9 Å². The van der Waals surface area contributed by atoms with Crippen LogP contribution in [0.1, 0.15) is 5.56 Å². The Balaban J connectivity index is 1.78. The zero-order valence-electron chi connectivity index (χ0n) is 15.1. The Hall–Kier alpha value is -3.15. The number of halogens is 3. The van der Waals surface area contributed by atoms with Crippen molar-refractivity contribution in [3.63, 3.8) is 0 Å². The molecule has 0 unspecified atom stereocenters. The van der Waals surface area contributed by atoms with Crippen molar-refractivity contribution in [3.8, 4) is 0 Å². The monoisotopic (exact) mass is 441 g/mol. The van der Waals surface area contributed by atoms with E-state index in [2.05, 4.69) is 0 Å². The van der Waals surface area contributed by atoms with Gasteiger partial charge in [-0.2, -0.15) is 13.2 Å². The van der Waals surface area contributed by atoms with E-state index in [-0.39, 0.29) is 28.6 Å². The van der Waals surface area contributed by atoms with Gasteiger partial charge in [0.1, 0.15) is 0 Å². The van der Waals surface area contributed by atoms with Crippen LogP contribution in [0.3, 0.4) is 0 Å². The molecule has 8 nitrogen and oxygen atoms in total. The lowest BCUT2D eigenvalue weighted by Crippen LogP contribution is -2.38. The maximum atomic E-state index is 13.2. The first kappa shape index (κ1) is 20.1. The molecule has 0 N–H and O–H groups in total. The molecule has 2 aliphatic heterocycles. The summed E-state index contributed by atoms with van der Waals surface area (Å²) < 4.78 is 63.8. The molecule has 30 heavy (non-hydrogen) atoms. The number of fused-ring (bicyclic) bond motifs is 1. The van der Waals surface area contributed by atoms with Crippen molar-refractivity contribution in [1.82, 2.24) is 0 Å². The minimum Gasteiger partial charge on any atom is -0.288 e. The largest absolute Gasteiger partial charge is 0.416 e. The van der Waals surface area contributed by atoms with Gasteiger partial charge in [0.2, 0.25) is 0 Å². The first-order chi connectivity index (χ1) is 14.0. The Morgan fingerprint density at radius 1 is 0.967 bits per heavy atom. The minimum absolute atomic E-state index is 0.0636. The number of alkyl halides is 3. The fourth-order valence-corrected chi connectivity index (χ4v) is 5.79. The second-order valence-corrected chi connectivity index (χ2v) is 9.21. The van der Waals surface area contributed by atoms with Crippen LogP contribution in [0.25, 0.3) is 0 Å². The lowest BCUT2D eigenvalue weighted by molar-refractivity contribution is -0.384. The second-order valence-electron chi connectivity index (χ2n) is 7.06. The fourth-order valence-electron chi connectivity index (χ4n) is 3.87. The maximum Gasteiger partial charge on any atom is 0.416 e. The molecule has 2 saturated heterocycles. The van der Waals surface area contributed by atoms with E-state index in [9.17, 15) is 36.5 Å². The molecule has 2 heterocycles. The molecule has 0 saturated carbocycles. The molecule has 12 heteroatoms. The average molecular weight is 441 g/mol. The van der Waals surface area contributed by atoms with E-state index in [0.29, 0.717) is 0 Å². The molecule has 4 rings (SSSR count). The Labute approximate surface area is 168 Å². The number of carbonyl (C=O) groups is 1. The number of nitro benzene ring substituents is 1. The van der Waals surface area contributed by atoms with Crippen LogP contribution in [0.4, 0.5) is 35.0 Å². The number of nitrogens with zero attached hydrogens (tertiary/aromatic N) is 3. The normalized spacial score (nSPS) is 23.0. The van der Waals surface area contributed by atoms with E-state index in [0.717, 1.165) is 23.1 Å². The topological polar surface area (TPSA) is 101 Å². The average Bonchev–Trinajstić information content (AvgIpc) is 3.09. The lowest BCUT2D eigenvalue weighted by atomic mass is 10.1. The van der Waals surface area contributed by atoms with Crippen LogP contribution in [0, 0.1) is 10.1 Å². The maximum absolute atomic E-state index is 13.2. The van der Waals surface area contributed by atoms with Gasteiger partial charge in [0.25, 0.3) is 5.69 Å². The van der Waals surface area contributed by atoms with Gasteiger partial charge in [-0.05, 0) is 30.3 Å². The quantitative estimate of drug-likeness (QED) is 0.414. The van der Waals surface area contributed by atoms with E-state index in [1.54, 1.807) is 0 Å². The number of sulfone groups is 1. The van der Waals surface area contributed by atoms with Gasteiger partial charge in [-0.15, -0.1) is 0 Å². The van der Waals surface area contributed by atoms with Crippen molar-refractivity contribution in [2.45, 2.75) is 18.3 Å². The van der Waals surface area contributed by atoms with E-state index in [1.165, 1.54) is 35.2 Å². The molecule has 2 amide bonds. The van der Waals surface area contributed by atoms with Gasteiger partial charge in [-0.25, -0.2) is 13.2 Å². The summed E-state index contributed by atoms with van der Waals surface area (Å²) in [6, 6.07) is 6.73. The van der Waals surface area contributed by atoms with E-state index < -0.39 is 44.6 Å². The number of nitro groups is 1. The highest BCUT2D eigenvalue weighted by Gasteiger charge is 2.54. The summed E-state index contributed by atoms with van der Waals surface area (Å²) in [4.78, 5) is 25.6. The number of amides is 2. The number of hydrogen-bond acceptors (Lipinski definition) is 5. The summed E-state index contributed by atoms with van der Waals surface area (Å²) in [5.41, 5.74) is -1.01. The summed E-state index contributed by atoms with van der Waals surface area (Å²) >= 11 is 0. The van der Waals surface area contributed by atoms with E-state index in [1.807, 2.05) is 0 Å². The van der Waals surface area contributed by atoms with Crippen LogP contribution in [-0.2, 0) is 16.0 Å². The van der Waals surface area contributed by atoms with Crippen LogP contribution in [0.5, 0.6) is 0 Å². The molecular weight excluding hydrogens is 427 g/mol. The van der Waals surface area contributed by atoms with Crippen molar-refractivity contribution >= 4 is 32.9 Å². The summed E-state index contributed by atoms with van der Waals surface area (Å²) in [5.74, 6) is -0.737. The molecule has 0 radical (unpaired) electrons. The molecule has 2 aromatic carbocycles. The number of urea groups is 1. The lowest BCUT2D eigenvalue weighted by Gasteiger charge is -2.23. The van der Waals surface area contributed by atoms with Crippen molar-refractivity contribution in [1.29, 1.82) is 0 Å². The number of non-ortho nitro benzene ring substituents is 1. The predicted molar refractivity (Wildman–Crippen MR) is 101 cm³/mol. The Morgan fingerprint density at radius 3 is 2.07 bits per heavy atom. The third-order valence-electron chi connectivity index (χ3n) is 5.16. The van der Waals surface area contributed by atoms with Gasteiger partial charge in [0.15, 0.2) is 9.84 Å². The highest BCUT2D eigenvalue weighted by Crippen LogP contribution is 2.40. The Bertz CT molecular complexity index is 1130. The summed E-state index contributed by atoms with van der Waals surface area (Å²) in [6.07, 6.45) is -4.63. The SMILES string of the molecule is O=C1N(c2ccc([N+](=O)[O-])cc2)[C@@H]2CS(=O)(=O)C[C@H]2N1c1cccc(C(F)(F)F)c1. The standard InChI is InChI=1S/C18H14F3N3O5S/c19-18(20,21)11-2-1-3-14(8-11)23-16-10-30(28,29)9-15(16)22(17(23)25)12-4-6-13(7-5-12)24(26)27/h1-8,15-16H,9-10H2/t15-,16-/m1/s1. The first-order valence-corrected chi connectivity index (χ1v) is 10.5. The van der Waals surface area contributed by atoms with Gasteiger partial charge in [0.05, 0.1) is 34.1 Å². The summed E-state index contributed by atoms with van der Waals surface area (Å²) in [7, 11) is -3.54. The molecule has 0 aromatic heterocycles. The first-order valence-electron chi connectivity index (χ1n) is 8.72. The third kappa shape index (κ3) is 3.36. The zero-order chi connectivity index (χ0) is 21.8. The predicted octanol–water partition coefficient (Wildman–Crippen LogP) is 3.23. The van der Waals surface area contributed by atoms with Crippen molar-refractivity contribution in [3.05, 3.63) is 64.2 Å². The van der Waals surface area contributed by atoms with Crippen LogP contribution in [0.15, 0.2) is 48.5 Å². The molecular formula is C18H14F3N3O5S. The molecule has 0 bridgehead atoms. The van der Waals surface area contributed by atoms with E-state index >= 15 is 0 Å². The zero-order valence-corrected chi connectivity index (χ0v) is 15.9. The molecule has 2 aliphatic rings. The number of benzene rings is 2. The fraction of sp³-hybridized carbons (Fsp3) is 0.278. The third-order valence-corrected chi connectivity index (χ3v) is 6.86. The minimum atomic E-state index is -4.63. The number of anilines is 2. The Morgan fingerprint density at radius 2 is 1.53 bits per heavy atom. The molecule has 0 aliphatic carbocycles. The smallest absolute Gasteiger partial charge is 0.288 e. The van der Waals surface area contributed by atoms with Crippen LogP contribution < -0.4 is 9.80 Å². The van der Waals surface area contributed by atoms with E-state index in [4.69, 9.17) is 0 Å². The number of hydrogen-bond donors (Lipinski definition) is 0. The van der Waals surface area contributed by atoms with Gasteiger partial charge in [-0.1, -0.05) is 6.07 Å². The number of carbonyl (C=O) groups excluding carboxylic acids is 1. The van der Waals surface area contributed by atoms with Gasteiger partial charge in [0, 0.05) is 23.5 Å². The van der Waals surface area contributed by atoms with Gasteiger partial charge >= 0.3 is 12.2 Å². The molecule has 2 aromatic rings. The second kappa shape index (κ2) is 6.69. The van der Waals surface area contributed by atoms with Crippen LogP contribution >= 0.6 is 0 Å².